The van der Waals surface area contributed by atoms with E-state index in [1.165, 1.54) is 13.0 Å². The standard InChI is InChI=1S/C23H25F3N2O3/c1-17(29)18-7-9-21(10-8-18)31-15-3-6-22(30)28-13-11-27(12-14-28)20-5-2-4-19(16-20)23(24,25)26/h2,4-5,7-10,16H,3,6,11-15H2,1H3. The van der Waals surface area contributed by atoms with Crippen molar-refractivity contribution in [2.24, 2.45) is 0 Å². The van der Waals surface area contributed by atoms with Gasteiger partial charge < -0.3 is 14.5 Å². The van der Waals surface area contributed by atoms with Gasteiger partial charge in [-0.1, -0.05) is 6.07 Å². The normalized spacial score (nSPS) is 14.5. The summed E-state index contributed by atoms with van der Waals surface area (Å²) < 4.78 is 44.4. The molecule has 0 atom stereocenters. The zero-order valence-corrected chi connectivity index (χ0v) is 17.3. The molecule has 1 aliphatic heterocycles. The van der Waals surface area contributed by atoms with Gasteiger partial charge in [-0.3, -0.25) is 9.59 Å². The molecular formula is C23H25F3N2O3. The van der Waals surface area contributed by atoms with Gasteiger partial charge in [-0.05, 0) is 55.8 Å². The molecule has 166 valence electrons. The molecule has 0 aliphatic carbocycles. The number of ketones is 1. The third-order valence-electron chi connectivity index (χ3n) is 5.24. The Bertz CT molecular complexity index is 905. The molecule has 1 fully saturated rings. The van der Waals surface area contributed by atoms with Gasteiger partial charge in [0.2, 0.25) is 5.91 Å². The number of amides is 1. The Labute approximate surface area is 179 Å². The minimum Gasteiger partial charge on any atom is -0.494 e. The fraction of sp³-hybridized carbons (Fsp3) is 0.391. The van der Waals surface area contributed by atoms with Crippen molar-refractivity contribution in [3.05, 3.63) is 59.7 Å². The highest BCUT2D eigenvalue weighted by molar-refractivity contribution is 5.94. The van der Waals surface area contributed by atoms with Gasteiger partial charge in [-0.25, -0.2) is 0 Å². The number of alkyl halides is 3. The average molecular weight is 434 g/mol. The van der Waals surface area contributed by atoms with E-state index < -0.39 is 11.7 Å². The van der Waals surface area contributed by atoms with Crippen LogP contribution in [0.3, 0.4) is 0 Å². The third-order valence-corrected chi connectivity index (χ3v) is 5.24. The Morgan fingerprint density at radius 3 is 2.29 bits per heavy atom. The summed E-state index contributed by atoms with van der Waals surface area (Å²) in [7, 11) is 0. The first-order valence-corrected chi connectivity index (χ1v) is 10.2. The fourth-order valence-corrected chi connectivity index (χ4v) is 3.45. The molecule has 31 heavy (non-hydrogen) atoms. The number of hydrogen-bond donors (Lipinski definition) is 0. The van der Waals surface area contributed by atoms with Crippen LogP contribution in [0.25, 0.3) is 0 Å². The van der Waals surface area contributed by atoms with Gasteiger partial charge >= 0.3 is 6.18 Å². The maximum absolute atomic E-state index is 12.9. The molecule has 0 bridgehead atoms. The number of anilines is 1. The van der Waals surface area contributed by atoms with E-state index in [-0.39, 0.29) is 11.7 Å². The highest BCUT2D eigenvalue weighted by Crippen LogP contribution is 2.31. The number of benzene rings is 2. The first-order valence-electron chi connectivity index (χ1n) is 10.2. The minimum absolute atomic E-state index is 0.00898. The van der Waals surface area contributed by atoms with Crippen LogP contribution >= 0.6 is 0 Å². The predicted molar refractivity (Wildman–Crippen MR) is 111 cm³/mol. The van der Waals surface area contributed by atoms with E-state index in [1.54, 1.807) is 35.2 Å². The van der Waals surface area contributed by atoms with Gasteiger partial charge in [0.1, 0.15) is 5.75 Å². The summed E-state index contributed by atoms with van der Waals surface area (Å²) in [6.45, 7) is 3.82. The molecule has 3 rings (SSSR count). The number of carbonyl (C=O) groups excluding carboxylic acids is 2. The van der Waals surface area contributed by atoms with Crippen LogP contribution in [-0.2, 0) is 11.0 Å². The number of nitrogens with zero attached hydrogens (tertiary/aromatic N) is 2. The lowest BCUT2D eigenvalue weighted by molar-refractivity contribution is -0.137. The molecule has 5 nitrogen and oxygen atoms in total. The van der Waals surface area contributed by atoms with Gasteiger partial charge in [0.25, 0.3) is 0 Å². The number of Topliss-reactive ketones (excluding diaryl/α,β-unsaturated/α-hetero) is 1. The van der Waals surface area contributed by atoms with E-state index in [0.29, 0.717) is 62.6 Å². The maximum Gasteiger partial charge on any atom is 0.416 e. The first-order chi connectivity index (χ1) is 14.7. The van der Waals surface area contributed by atoms with Crippen LogP contribution in [0, 0.1) is 0 Å². The molecule has 1 amide bonds. The van der Waals surface area contributed by atoms with E-state index in [4.69, 9.17) is 4.74 Å². The molecule has 8 heteroatoms. The zero-order valence-electron chi connectivity index (χ0n) is 17.3. The summed E-state index contributed by atoms with van der Waals surface area (Å²) in [5.41, 5.74) is 0.470. The Kier molecular flexibility index (Phi) is 7.20. The Morgan fingerprint density at radius 1 is 1.00 bits per heavy atom. The molecule has 0 radical (unpaired) electrons. The van der Waals surface area contributed by atoms with Crippen LogP contribution in [0.15, 0.2) is 48.5 Å². The topological polar surface area (TPSA) is 49.9 Å². The Morgan fingerprint density at radius 2 is 1.68 bits per heavy atom. The second kappa shape index (κ2) is 9.85. The van der Waals surface area contributed by atoms with Crippen molar-refractivity contribution in [2.75, 3.05) is 37.7 Å². The van der Waals surface area contributed by atoms with E-state index in [0.717, 1.165) is 12.1 Å². The lowest BCUT2D eigenvalue weighted by atomic mass is 10.1. The van der Waals surface area contributed by atoms with Crippen molar-refractivity contribution in [1.29, 1.82) is 0 Å². The van der Waals surface area contributed by atoms with E-state index in [9.17, 15) is 22.8 Å². The lowest BCUT2D eigenvalue weighted by Gasteiger charge is -2.36. The van der Waals surface area contributed by atoms with Gasteiger partial charge in [0.05, 0.1) is 12.2 Å². The first kappa shape index (κ1) is 22.7. The summed E-state index contributed by atoms with van der Waals surface area (Å²) in [5.74, 6) is 0.650. The number of ether oxygens (including phenoxy) is 1. The zero-order chi connectivity index (χ0) is 22.4. The summed E-state index contributed by atoms with van der Waals surface area (Å²) in [6, 6.07) is 12.1. The lowest BCUT2D eigenvalue weighted by Crippen LogP contribution is -2.48. The van der Waals surface area contributed by atoms with Crippen LogP contribution in [0.1, 0.15) is 35.7 Å². The van der Waals surface area contributed by atoms with Gasteiger partial charge in [-0.2, -0.15) is 13.2 Å². The fourth-order valence-electron chi connectivity index (χ4n) is 3.45. The second-order valence-corrected chi connectivity index (χ2v) is 7.45. The van der Waals surface area contributed by atoms with Gasteiger partial charge in [0, 0.05) is 43.9 Å². The number of hydrogen-bond acceptors (Lipinski definition) is 4. The number of rotatable bonds is 7. The third kappa shape index (κ3) is 6.23. The van der Waals surface area contributed by atoms with Crippen LogP contribution in [0.5, 0.6) is 5.75 Å². The van der Waals surface area contributed by atoms with Crippen molar-refractivity contribution in [1.82, 2.24) is 4.90 Å². The molecule has 0 saturated carbocycles. The SMILES string of the molecule is CC(=O)c1ccc(OCCCC(=O)N2CCN(c3cccc(C(F)(F)F)c3)CC2)cc1. The molecule has 1 heterocycles. The Hall–Kier alpha value is -3.03. The molecule has 0 spiro atoms. The van der Waals surface area contributed by atoms with E-state index >= 15 is 0 Å². The summed E-state index contributed by atoms with van der Waals surface area (Å²) in [6.07, 6.45) is -3.47. The largest absolute Gasteiger partial charge is 0.494 e. The average Bonchev–Trinajstić information content (AvgIpc) is 2.76. The number of halogens is 3. The van der Waals surface area contributed by atoms with Crippen LogP contribution < -0.4 is 9.64 Å². The van der Waals surface area contributed by atoms with Crippen molar-refractivity contribution in [3.8, 4) is 5.75 Å². The number of carbonyl (C=O) groups is 2. The molecule has 0 N–H and O–H groups in total. The monoisotopic (exact) mass is 434 g/mol. The summed E-state index contributed by atoms with van der Waals surface area (Å²) in [4.78, 5) is 27.3. The highest BCUT2D eigenvalue weighted by atomic mass is 19.4. The molecule has 0 aromatic heterocycles. The van der Waals surface area contributed by atoms with Gasteiger partial charge in [-0.15, -0.1) is 0 Å². The van der Waals surface area contributed by atoms with Crippen LogP contribution in [0.2, 0.25) is 0 Å². The van der Waals surface area contributed by atoms with E-state index in [2.05, 4.69) is 0 Å². The molecule has 2 aromatic carbocycles. The molecule has 1 saturated heterocycles. The minimum atomic E-state index is -4.37. The summed E-state index contributed by atoms with van der Waals surface area (Å²) in [5, 5.41) is 0. The molecular weight excluding hydrogens is 409 g/mol. The second-order valence-electron chi connectivity index (χ2n) is 7.45. The summed E-state index contributed by atoms with van der Waals surface area (Å²) >= 11 is 0. The quantitative estimate of drug-likeness (QED) is 0.478. The predicted octanol–water partition coefficient (Wildman–Crippen LogP) is 4.42. The number of piperazine rings is 1. The van der Waals surface area contributed by atoms with Crippen molar-refractivity contribution in [2.45, 2.75) is 25.9 Å². The Balaban J connectivity index is 1.41. The van der Waals surface area contributed by atoms with Crippen molar-refractivity contribution in [3.63, 3.8) is 0 Å². The van der Waals surface area contributed by atoms with E-state index in [1.807, 2.05) is 4.90 Å². The smallest absolute Gasteiger partial charge is 0.416 e. The van der Waals surface area contributed by atoms with Crippen molar-refractivity contribution >= 4 is 17.4 Å². The highest BCUT2D eigenvalue weighted by Gasteiger charge is 2.31. The van der Waals surface area contributed by atoms with Crippen molar-refractivity contribution < 1.29 is 27.5 Å². The maximum atomic E-state index is 12.9. The van der Waals surface area contributed by atoms with Crippen LogP contribution in [0.4, 0.5) is 18.9 Å². The van der Waals surface area contributed by atoms with Gasteiger partial charge in [0.15, 0.2) is 5.78 Å². The molecule has 1 aliphatic rings. The van der Waals surface area contributed by atoms with Crippen LogP contribution in [-0.4, -0.2) is 49.4 Å². The molecule has 0 unspecified atom stereocenters. The molecule has 2 aromatic rings.